The Kier molecular flexibility index (Phi) is 2.63. The van der Waals surface area contributed by atoms with Crippen LogP contribution in [0, 0.1) is 0 Å². The second-order valence-electron chi connectivity index (χ2n) is 2.99. The van der Waals surface area contributed by atoms with Crippen molar-refractivity contribution in [3.63, 3.8) is 0 Å². The third-order valence-corrected chi connectivity index (χ3v) is 1.80. The fourth-order valence-electron chi connectivity index (χ4n) is 1.19. The molecule has 0 N–H and O–H groups in total. The van der Waals surface area contributed by atoms with Crippen LogP contribution in [-0.4, -0.2) is 36.2 Å². The highest BCUT2D eigenvalue weighted by molar-refractivity contribution is 5.81. The highest BCUT2D eigenvalue weighted by Crippen LogP contribution is 2.02. The van der Waals surface area contributed by atoms with Crippen LogP contribution in [0.25, 0.3) is 0 Å². The summed E-state index contributed by atoms with van der Waals surface area (Å²) in [6.45, 7) is 5.21. The van der Waals surface area contributed by atoms with Gasteiger partial charge in [-0.05, 0) is 20.3 Å². The van der Waals surface area contributed by atoms with E-state index in [-0.39, 0.29) is 5.91 Å². The maximum absolute atomic E-state index is 11.3. The third-order valence-electron chi connectivity index (χ3n) is 1.80. The molecule has 0 unspecified atom stereocenters. The Bertz CT molecular complexity index is 175. The normalized spacial score (nSPS) is 19.2. The summed E-state index contributed by atoms with van der Waals surface area (Å²) in [7, 11) is 0. The van der Waals surface area contributed by atoms with Gasteiger partial charge in [-0.1, -0.05) is 0 Å². The maximum atomic E-state index is 11.3. The predicted octanol–water partition coefficient (Wildman–Crippen LogP) is 0.698. The molecule has 1 aliphatic rings. The van der Waals surface area contributed by atoms with Crippen molar-refractivity contribution in [3.05, 3.63) is 0 Å². The van der Waals surface area contributed by atoms with Gasteiger partial charge in [0.25, 0.3) is 0 Å². The molecule has 1 heterocycles. The molecule has 1 aliphatic heterocycles. The van der Waals surface area contributed by atoms with Gasteiger partial charge in [0.1, 0.15) is 6.54 Å². The molecule has 0 saturated carbocycles. The minimum Gasteiger partial charge on any atom is -0.338 e. The lowest BCUT2D eigenvalue weighted by molar-refractivity contribution is -0.130. The summed E-state index contributed by atoms with van der Waals surface area (Å²) in [5.41, 5.74) is 0. The molecule has 0 radical (unpaired) electrons. The molecule has 11 heavy (non-hydrogen) atoms. The van der Waals surface area contributed by atoms with Gasteiger partial charge in [0, 0.05) is 18.8 Å². The molecule has 3 nitrogen and oxygen atoms in total. The van der Waals surface area contributed by atoms with Crippen LogP contribution in [0.5, 0.6) is 0 Å². The number of hydrogen-bond acceptors (Lipinski definition) is 2. The van der Waals surface area contributed by atoms with E-state index < -0.39 is 0 Å². The molecule has 1 amide bonds. The largest absolute Gasteiger partial charge is 0.338 e. The lowest BCUT2D eigenvalue weighted by Gasteiger charge is -2.24. The molecule has 0 aromatic carbocycles. The number of nitrogens with zero attached hydrogens (tertiary/aromatic N) is 2. The molecular formula is C8H14N2O. The van der Waals surface area contributed by atoms with Crippen LogP contribution in [0.1, 0.15) is 20.3 Å². The standard InChI is InChI=1S/C8H14N2O/c1-7(2)10-5-3-4-9-6-8(10)11/h4,7H,3,5-6H2,1-2H3. The molecule has 0 fully saturated rings. The van der Waals surface area contributed by atoms with Gasteiger partial charge in [-0.3, -0.25) is 9.79 Å². The monoisotopic (exact) mass is 154 g/mol. The second kappa shape index (κ2) is 3.51. The van der Waals surface area contributed by atoms with Crippen molar-refractivity contribution < 1.29 is 4.79 Å². The lowest BCUT2D eigenvalue weighted by atomic mass is 10.3. The van der Waals surface area contributed by atoms with Crippen molar-refractivity contribution in [2.24, 2.45) is 4.99 Å². The molecule has 0 saturated heterocycles. The first-order valence-corrected chi connectivity index (χ1v) is 3.99. The van der Waals surface area contributed by atoms with Crippen molar-refractivity contribution in [2.45, 2.75) is 26.3 Å². The summed E-state index contributed by atoms with van der Waals surface area (Å²) in [6.07, 6.45) is 2.73. The van der Waals surface area contributed by atoms with E-state index in [0.29, 0.717) is 12.6 Å². The predicted molar refractivity (Wildman–Crippen MR) is 44.8 cm³/mol. The Labute approximate surface area is 67.1 Å². The number of rotatable bonds is 1. The molecule has 0 aromatic rings. The van der Waals surface area contributed by atoms with Crippen LogP contribution in [0.4, 0.5) is 0 Å². The van der Waals surface area contributed by atoms with Crippen molar-refractivity contribution in [1.29, 1.82) is 0 Å². The fraction of sp³-hybridized carbons (Fsp3) is 0.750. The molecule has 1 rings (SSSR count). The van der Waals surface area contributed by atoms with Gasteiger partial charge in [0.15, 0.2) is 0 Å². The maximum Gasteiger partial charge on any atom is 0.244 e. The number of carbonyl (C=O) groups is 1. The van der Waals surface area contributed by atoms with E-state index in [1.807, 2.05) is 25.0 Å². The zero-order chi connectivity index (χ0) is 8.27. The van der Waals surface area contributed by atoms with Gasteiger partial charge >= 0.3 is 0 Å². The third kappa shape index (κ3) is 2.03. The first kappa shape index (κ1) is 8.24. The Hall–Kier alpha value is -0.860. The molecular weight excluding hydrogens is 140 g/mol. The Morgan fingerprint density at radius 2 is 2.36 bits per heavy atom. The van der Waals surface area contributed by atoms with Crippen LogP contribution < -0.4 is 0 Å². The first-order valence-electron chi connectivity index (χ1n) is 3.99. The van der Waals surface area contributed by atoms with E-state index >= 15 is 0 Å². The van der Waals surface area contributed by atoms with Crippen LogP contribution >= 0.6 is 0 Å². The van der Waals surface area contributed by atoms with E-state index in [2.05, 4.69) is 4.99 Å². The summed E-state index contributed by atoms with van der Waals surface area (Å²) in [6, 6.07) is 0.309. The SMILES string of the molecule is CC(C)N1CCC=NCC1=O. The first-order chi connectivity index (χ1) is 5.22. The van der Waals surface area contributed by atoms with Gasteiger partial charge in [0.2, 0.25) is 5.91 Å². The molecule has 0 spiro atoms. The quantitative estimate of drug-likeness (QED) is 0.547. The highest BCUT2D eigenvalue weighted by atomic mass is 16.2. The fourth-order valence-corrected chi connectivity index (χ4v) is 1.19. The van der Waals surface area contributed by atoms with Gasteiger partial charge in [-0.15, -0.1) is 0 Å². The summed E-state index contributed by atoms with van der Waals surface area (Å²) in [5, 5.41) is 0. The Morgan fingerprint density at radius 3 is 3.00 bits per heavy atom. The number of carbonyl (C=O) groups excluding carboxylic acids is 1. The smallest absolute Gasteiger partial charge is 0.244 e. The van der Waals surface area contributed by atoms with Crippen LogP contribution in [-0.2, 0) is 4.79 Å². The van der Waals surface area contributed by atoms with Crippen LogP contribution in [0.2, 0.25) is 0 Å². The number of aliphatic imine (C=N–C) groups is 1. The summed E-state index contributed by atoms with van der Waals surface area (Å²) in [4.78, 5) is 17.1. The van der Waals surface area contributed by atoms with Crippen molar-refractivity contribution in [3.8, 4) is 0 Å². The van der Waals surface area contributed by atoms with Gasteiger partial charge < -0.3 is 4.90 Å². The molecule has 0 bridgehead atoms. The zero-order valence-corrected chi connectivity index (χ0v) is 7.08. The second-order valence-corrected chi connectivity index (χ2v) is 2.99. The Morgan fingerprint density at radius 1 is 1.64 bits per heavy atom. The summed E-state index contributed by atoms with van der Waals surface area (Å²) in [5.74, 6) is 0.147. The van der Waals surface area contributed by atoms with E-state index in [0.717, 1.165) is 13.0 Å². The van der Waals surface area contributed by atoms with Crippen LogP contribution in [0.15, 0.2) is 4.99 Å². The van der Waals surface area contributed by atoms with Gasteiger partial charge in [-0.2, -0.15) is 0 Å². The van der Waals surface area contributed by atoms with E-state index in [9.17, 15) is 4.79 Å². The van der Waals surface area contributed by atoms with E-state index in [1.54, 1.807) is 0 Å². The zero-order valence-electron chi connectivity index (χ0n) is 7.08. The highest BCUT2D eigenvalue weighted by Gasteiger charge is 2.16. The molecule has 62 valence electrons. The average molecular weight is 154 g/mol. The van der Waals surface area contributed by atoms with Crippen molar-refractivity contribution >= 4 is 12.1 Å². The topological polar surface area (TPSA) is 32.7 Å². The van der Waals surface area contributed by atoms with Crippen LogP contribution in [0.3, 0.4) is 0 Å². The van der Waals surface area contributed by atoms with Gasteiger partial charge in [-0.25, -0.2) is 0 Å². The average Bonchev–Trinajstić information content (AvgIpc) is 2.13. The molecule has 0 aromatic heterocycles. The molecule has 0 aliphatic carbocycles. The lowest BCUT2D eigenvalue weighted by Crippen LogP contribution is -2.38. The summed E-state index contributed by atoms with van der Waals surface area (Å²) >= 11 is 0. The Balaban J connectivity index is 2.58. The van der Waals surface area contributed by atoms with E-state index in [4.69, 9.17) is 0 Å². The van der Waals surface area contributed by atoms with E-state index in [1.165, 1.54) is 0 Å². The molecule has 0 atom stereocenters. The minimum absolute atomic E-state index is 0.147. The van der Waals surface area contributed by atoms with Gasteiger partial charge in [0.05, 0.1) is 0 Å². The minimum atomic E-state index is 0.147. The summed E-state index contributed by atoms with van der Waals surface area (Å²) < 4.78 is 0. The molecule has 3 heteroatoms. The van der Waals surface area contributed by atoms with Crippen molar-refractivity contribution in [2.75, 3.05) is 13.1 Å². The number of amides is 1. The van der Waals surface area contributed by atoms with Crippen molar-refractivity contribution in [1.82, 2.24) is 4.90 Å². The number of hydrogen-bond donors (Lipinski definition) is 0.